The second-order valence-electron chi connectivity index (χ2n) is 6.15. The Morgan fingerprint density at radius 3 is 2.57 bits per heavy atom. The molecule has 0 bridgehead atoms. The standard InChI is InChI=1S/C20H20FNO6/c1-22(11-13-3-6-17-18(9-13)27-8-7-26-17)19(23)12-28-20(24)15-5-4-14(25-2)10-16(15)21/h3-6,9-10H,7-8,11-12H2,1-2H3. The van der Waals surface area contributed by atoms with Crippen LogP contribution in [0.2, 0.25) is 0 Å². The minimum atomic E-state index is -0.916. The average Bonchev–Trinajstić information content (AvgIpc) is 2.71. The molecule has 0 saturated carbocycles. The minimum absolute atomic E-state index is 0.261. The summed E-state index contributed by atoms with van der Waals surface area (Å²) in [6.07, 6.45) is 0. The van der Waals surface area contributed by atoms with Gasteiger partial charge in [0, 0.05) is 19.7 Å². The maximum atomic E-state index is 13.9. The molecule has 7 nitrogen and oxygen atoms in total. The number of hydrogen-bond donors (Lipinski definition) is 0. The Hall–Kier alpha value is -3.29. The molecule has 2 aromatic carbocycles. The number of carbonyl (C=O) groups is 2. The number of fused-ring (bicyclic) bond motifs is 1. The van der Waals surface area contributed by atoms with Crippen molar-refractivity contribution >= 4 is 11.9 Å². The summed E-state index contributed by atoms with van der Waals surface area (Å²) in [6, 6.07) is 9.18. The summed E-state index contributed by atoms with van der Waals surface area (Å²) < 4.78 is 34.7. The predicted molar refractivity (Wildman–Crippen MR) is 97.1 cm³/mol. The Morgan fingerprint density at radius 2 is 1.86 bits per heavy atom. The number of ether oxygens (including phenoxy) is 4. The van der Waals surface area contributed by atoms with Gasteiger partial charge in [0.05, 0.1) is 12.7 Å². The van der Waals surface area contributed by atoms with E-state index in [1.54, 1.807) is 19.2 Å². The van der Waals surface area contributed by atoms with Crippen LogP contribution in [0.5, 0.6) is 17.2 Å². The number of benzene rings is 2. The van der Waals surface area contributed by atoms with Gasteiger partial charge in [-0.25, -0.2) is 9.18 Å². The first-order chi connectivity index (χ1) is 13.5. The van der Waals surface area contributed by atoms with Crippen molar-refractivity contribution in [1.29, 1.82) is 0 Å². The molecule has 148 valence electrons. The van der Waals surface area contributed by atoms with Gasteiger partial charge in [-0.2, -0.15) is 0 Å². The van der Waals surface area contributed by atoms with Crippen molar-refractivity contribution in [2.75, 3.05) is 34.0 Å². The van der Waals surface area contributed by atoms with Gasteiger partial charge in [-0.3, -0.25) is 4.79 Å². The van der Waals surface area contributed by atoms with E-state index in [9.17, 15) is 14.0 Å². The molecule has 1 heterocycles. The largest absolute Gasteiger partial charge is 0.497 e. The van der Waals surface area contributed by atoms with Gasteiger partial charge in [0.2, 0.25) is 0 Å². The van der Waals surface area contributed by atoms with E-state index in [1.165, 1.54) is 24.1 Å². The molecule has 0 saturated heterocycles. The molecule has 28 heavy (non-hydrogen) atoms. The zero-order valence-corrected chi connectivity index (χ0v) is 15.6. The molecule has 0 N–H and O–H groups in total. The Kier molecular flexibility index (Phi) is 5.98. The SMILES string of the molecule is COc1ccc(C(=O)OCC(=O)N(C)Cc2ccc3c(c2)OCCO3)c(F)c1. The number of carbonyl (C=O) groups excluding carboxylic acids is 2. The smallest absolute Gasteiger partial charge is 0.341 e. The lowest BCUT2D eigenvalue weighted by Gasteiger charge is -2.21. The van der Waals surface area contributed by atoms with Gasteiger partial charge >= 0.3 is 5.97 Å². The summed E-state index contributed by atoms with van der Waals surface area (Å²) >= 11 is 0. The lowest BCUT2D eigenvalue weighted by molar-refractivity contribution is -0.133. The van der Waals surface area contributed by atoms with E-state index < -0.39 is 24.3 Å². The molecular formula is C20H20FNO6. The molecule has 2 aromatic rings. The molecule has 3 rings (SSSR count). The maximum absolute atomic E-state index is 13.9. The highest BCUT2D eigenvalue weighted by atomic mass is 19.1. The van der Waals surface area contributed by atoms with Gasteiger partial charge in [0.25, 0.3) is 5.91 Å². The van der Waals surface area contributed by atoms with Crippen LogP contribution in [0.4, 0.5) is 4.39 Å². The van der Waals surface area contributed by atoms with Crippen LogP contribution < -0.4 is 14.2 Å². The van der Waals surface area contributed by atoms with Crippen LogP contribution in [-0.2, 0) is 16.1 Å². The van der Waals surface area contributed by atoms with E-state index in [0.717, 1.165) is 11.6 Å². The summed E-state index contributed by atoms with van der Waals surface area (Å²) in [5.41, 5.74) is 0.579. The second-order valence-corrected chi connectivity index (χ2v) is 6.15. The maximum Gasteiger partial charge on any atom is 0.341 e. The van der Waals surface area contributed by atoms with Crippen LogP contribution in [0.1, 0.15) is 15.9 Å². The molecule has 0 fully saturated rings. The molecule has 1 aliphatic heterocycles. The summed E-state index contributed by atoms with van der Waals surface area (Å²) in [4.78, 5) is 25.6. The Balaban J connectivity index is 1.55. The Bertz CT molecular complexity index is 885. The van der Waals surface area contributed by atoms with Gasteiger partial charge in [-0.05, 0) is 29.8 Å². The van der Waals surface area contributed by atoms with E-state index in [4.69, 9.17) is 18.9 Å². The van der Waals surface area contributed by atoms with Crippen molar-refractivity contribution in [2.45, 2.75) is 6.54 Å². The minimum Gasteiger partial charge on any atom is -0.497 e. The zero-order valence-electron chi connectivity index (χ0n) is 15.6. The van der Waals surface area contributed by atoms with Crippen LogP contribution >= 0.6 is 0 Å². The third-order valence-electron chi connectivity index (χ3n) is 4.17. The fourth-order valence-electron chi connectivity index (χ4n) is 2.65. The van der Waals surface area contributed by atoms with Crippen molar-refractivity contribution in [2.24, 2.45) is 0 Å². The third kappa shape index (κ3) is 4.51. The predicted octanol–water partition coefficient (Wildman–Crippen LogP) is 2.42. The Morgan fingerprint density at radius 1 is 1.11 bits per heavy atom. The molecule has 0 spiro atoms. The monoisotopic (exact) mass is 389 g/mol. The first-order valence-electron chi connectivity index (χ1n) is 8.61. The average molecular weight is 389 g/mol. The van der Waals surface area contributed by atoms with E-state index >= 15 is 0 Å². The van der Waals surface area contributed by atoms with E-state index in [0.29, 0.717) is 31.3 Å². The summed E-state index contributed by atoms with van der Waals surface area (Å²) in [6.45, 7) is 0.781. The molecule has 0 unspecified atom stereocenters. The third-order valence-corrected chi connectivity index (χ3v) is 4.17. The number of rotatable bonds is 6. The summed E-state index contributed by atoms with van der Waals surface area (Å²) in [5, 5.41) is 0. The molecule has 0 aromatic heterocycles. The first-order valence-corrected chi connectivity index (χ1v) is 8.61. The Labute approximate surface area is 161 Å². The molecular weight excluding hydrogens is 369 g/mol. The lowest BCUT2D eigenvalue weighted by Crippen LogP contribution is -2.31. The number of nitrogens with zero attached hydrogens (tertiary/aromatic N) is 1. The number of esters is 1. The fraction of sp³-hybridized carbons (Fsp3) is 0.300. The number of likely N-dealkylation sites (N-methyl/N-ethyl adjacent to an activating group) is 1. The summed E-state index contributed by atoms with van der Waals surface area (Å²) in [5.74, 6) is -0.533. The number of methoxy groups -OCH3 is 1. The topological polar surface area (TPSA) is 74.3 Å². The summed E-state index contributed by atoms with van der Waals surface area (Å²) in [7, 11) is 2.98. The van der Waals surface area contributed by atoms with Crippen molar-refractivity contribution in [3.63, 3.8) is 0 Å². The number of hydrogen-bond acceptors (Lipinski definition) is 6. The zero-order chi connectivity index (χ0) is 20.1. The van der Waals surface area contributed by atoms with Crippen molar-refractivity contribution in [1.82, 2.24) is 4.90 Å². The molecule has 0 atom stereocenters. The molecule has 0 radical (unpaired) electrons. The van der Waals surface area contributed by atoms with E-state index in [-0.39, 0.29) is 11.3 Å². The van der Waals surface area contributed by atoms with Crippen molar-refractivity contribution in [3.8, 4) is 17.2 Å². The van der Waals surface area contributed by atoms with Crippen LogP contribution in [0.25, 0.3) is 0 Å². The van der Waals surface area contributed by atoms with Crippen LogP contribution in [0.15, 0.2) is 36.4 Å². The van der Waals surface area contributed by atoms with Crippen molar-refractivity contribution in [3.05, 3.63) is 53.3 Å². The van der Waals surface area contributed by atoms with Gasteiger partial charge in [-0.1, -0.05) is 6.07 Å². The fourth-order valence-corrected chi connectivity index (χ4v) is 2.65. The highest BCUT2D eigenvalue weighted by Crippen LogP contribution is 2.31. The van der Waals surface area contributed by atoms with Crippen LogP contribution in [0.3, 0.4) is 0 Å². The van der Waals surface area contributed by atoms with Gasteiger partial charge < -0.3 is 23.8 Å². The van der Waals surface area contributed by atoms with E-state index in [2.05, 4.69) is 0 Å². The van der Waals surface area contributed by atoms with Crippen LogP contribution in [-0.4, -0.2) is 50.8 Å². The normalized spacial score (nSPS) is 12.2. The molecule has 8 heteroatoms. The molecule has 1 amide bonds. The lowest BCUT2D eigenvalue weighted by atomic mass is 10.2. The van der Waals surface area contributed by atoms with Crippen molar-refractivity contribution < 1.29 is 32.9 Å². The van der Waals surface area contributed by atoms with Gasteiger partial charge in [-0.15, -0.1) is 0 Å². The van der Waals surface area contributed by atoms with Crippen LogP contribution in [0, 0.1) is 5.82 Å². The molecule has 1 aliphatic rings. The van der Waals surface area contributed by atoms with Gasteiger partial charge in [0.15, 0.2) is 18.1 Å². The number of amides is 1. The first kappa shape index (κ1) is 19.5. The van der Waals surface area contributed by atoms with E-state index in [1.807, 2.05) is 6.07 Å². The highest BCUT2D eigenvalue weighted by Gasteiger charge is 2.18. The number of halogens is 1. The molecule has 0 aliphatic carbocycles. The quantitative estimate of drug-likeness (QED) is 0.707. The second kappa shape index (κ2) is 8.60. The van der Waals surface area contributed by atoms with Gasteiger partial charge in [0.1, 0.15) is 24.8 Å². The highest BCUT2D eigenvalue weighted by molar-refractivity contribution is 5.91.